The molecule has 1 heterocycles. The minimum Gasteiger partial charge on any atom is -0.387 e. The van der Waals surface area contributed by atoms with Gasteiger partial charge in [0, 0.05) is 23.7 Å². The number of H-pyrrole nitrogens is 1. The standard InChI is InChI=1S/C18H18ClN3O/c19-16-8-6-13(7-9-16)17(23)12-20-10-15-11-21-22-18(15)14-4-2-1-3-5-14/h1-9,11,17,20,23H,10,12H2,(H,21,22). The summed E-state index contributed by atoms with van der Waals surface area (Å²) in [7, 11) is 0. The highest BCUT2D eigenvalue weighted by Crippen LogP contribution is 2.21. The van der Waals surface area contributed by atoms with E-state index >= 15 is 0 Å². The van der Waals surface area contributed by atoms with Crippen LogP contribution in [-0.2, 0) is 6.54 Å². The van der Waals surface area contributed by atoms with Gasteiger partial charge < -0.3 is 10.4 Å². The molecule has 0 saturated heterocycles. The third-order valence-corrected chi connectivity index (χ3v) is 3.94. The van der Waals surface area contributed by atoms with Gasteiger partial charge in [0.25, 0.3) is 0 Å². The van der Waals surface area contributed by atoms with Gasteiger partial charge >= 0.3 is 0 Å². The van der Waals surface area contributed by atoms with Crippen LogP contribution in [0.5, 0.6) is 0 Å². The zero-order chi connectivity index (χ0) is 16.1. The second kappa shape index (κ2) is 7.42. The molecule has 4 nitrogen and oxygen atoms in total. The van der Waals surface area contributed by atoms with Crippen LogP contribution in [0, 0.1) is 0 Å². The first-order valence-electron chi connectivity index (χ1n) is 7.46. The number of aliphatic hydroxyl groups excluding tert-OH is 1. The molecule has 3 N–H and O–H groups in total. The highest BCUT2D eigenvalue weighted by molar-refractivity contribution is 6.30. The number of aromatic amines is 1. The summed E-state index contributed by atoms with van der Waals surface area (Å²) in [5.74, 6) is 0. The molecule has 0 radical (unpaired) electrons. The highest BCUT2D eigenvalue weighted by atomic mass is 35.5. The summed E-state index contributed by atoms with van der Waals surface area (Å²) in [6.45, 7) is 1.09. The van der Waals surface area contributed by atoms with Crippen LogP contribution in [-0.4, -0.2) is 21.8 Å². The Bertz CT molecular complexity index is 740. The van der Waals surface area contributed by atoms with Gasteiger partial charge in [-0.25, -0.2) is 0 Å². The normalized spacial score (nSPS) is 12.3. The molecule has 3 aromatic rings. The van der Waals surface area contributed by atoms with Crippen LogP contribution >= 0.6 is 11.6 Å². The molecule has 0 aliphatic rings. The van der Waals surface area contributed by atoms with Gasteiger partial charge in [0.2, 0.25) is 0 Å². The van der Waals surface area contributed by atoms with E-state index in [4.69, 9.17) is 11.6 Å². The lowest BCUT2D eigenvalue weighted by Crippen LogP contribution is -2.21. The largest absolute Gasteiger partial charge is 0.387 e. The van der Waals surface area contributed by atoms with Gasteiger partial charge in [-0.15, -0.1) is 0 Å². The first-order chi connectivity index (χ1) is 11.2. The quantitative estimate of drug-likeness (QED) is 0.649. The Morgan fingerprint density at radius 3 is 2.57 bits per heavy atom. The Hall–Kier alpha value is -2.14. The van der Waals surface area contributed by atoms with Crippen LogP contribution in [0.4, 0.5) is 0 Å². The van der Waals surface area contributed by atoms with E-state index in [-0.39, 0.29) is 0 Å². The Labute approximate surface area is 140 Å². The van der Waals surface area contributed by atoms with E-state index in [0.717, 1.165) is 22.4 Å². The summed E-state index contributed by atoms with van der Waals surface area (Å²) in [4.78, 5) is 0. The molecule has 0 bridgehead atoms. The first-order valence-corrected chi connectivity index (χ1v) is 7.84. The summed E-state index contributed by atoms with van der Waals surface area (Å²) < 4.78 is 0. The molecule has 5 heteroatoms. The molecule has 0 aliphatic heterocycles. The smallest absolute Gasteiger partial charge is 0.0914 e. The van der Waals surface area contributed by atoms with E-state index < -0.39 is 6.10 Å². The molecule has 23 heavy (non-hydrogen) atoms. The fourth-order valence-electron chi connectivity index (χ4n) is 2.45. The SMILES string of the molecule is OC(CNCc1cn[nH]c1-c1ccccc1)c1ccc(Cl)cc1. The Kier molecular flexibility index (Phi) is 5.08. The van der Waals surface area contributed by atoms with Crippen molar-refractivity contribution in [1.29, 1.82) is 0 Å². The van der Waals surface area contributed by atoms with E-state index in [1.807, 2.05) is 48.7 Å². The molecule has 0 saturated carbocycles. The summed E-state index contributed by atoms with van der Waals surface area (Å²) in [6.07, 6.45) is 1.24. The average Bonchev–Trinajstić information content (AvgIpc) is 3.05. The molecular weight excluding hydrogens is 310 g/mol. The summed E-state index contributed by atoms with van der Waals surface area (Å²) in [6, 6.07) is 17.3. The zero-order valence-corrected chi connectivity index (χ0v) is 13.3. The highest BCUT2D eigenvalue weighted by Gasteiger charge is 2.10. The predicted octanol–water partition coefficient (Wildman–Crippen LogP) is 3.55. The number of aromatic nitrogens is 2. The third kappa shape index (κ3) is 3.99. The van der Waals surface area contributed by atoms with Gasteiger partial charge in [-0.2, -0.15) is 5.10 Å². The minimum absolute atomic E-state index is 0.459. The molecule has 0 amide bonds. The van der Waals surface area contributed by atoms with E-state index in [0.29, 0.717) is 18.1 Å². The number of benzene rings is 2. The number of aliphatic hydroxyl groups is 1. The predicted molar refractivity (Wildman–Crippen MR) is 92.1 cm³/mol. The molecule has 3 rings (SSSR count). The van der Waals surface area contributed by atoms with Gasteiger partial charge in [0.1, 0.15) is 0 Å². The molecule has 0 aliphatic carbocycles. The molecule has 1 unspecified atom stereocenters. The van der Waals surface area contributed by atoms with Crippen LogP contribution in [0.2, 0.25) is 5.02 Å². The van der Waals surface area contributed by atoms with Crippen molar-refractivity contribution in [3.8, 4) is 11.3 Å². The van der Waals surface area contributed by atoms with Crippen molar-refractivity contribution < 1.29 is 5.11 Å². The van der Waals surface area contributed by atoms with Crippen molar-refractivity contribution >= 4 is 11.6 Å². The fourth-order valence-corrected chi connectivity index (χ4v) is 2.57. The van der Waals surface area contributed by atoms with Crippen molar-refractivity contribution in [2.75, 3.05) is 6.54 Å². The van der Waals surface area contributed by atoms with E-state index in [2.05, 4.69) is 15.5 Å². The lowest BCUT2D eigenvalue weighted by atomic mass is 10.1. The molecule has 2 aromatic carbocycles. The first kappa shape index (κ1) is 15.7. The molecule has 1 aromatic heterocycles. The van der Waals surface area contributed by atoms with E-state index in [9.17, 15) is 5.11 Å². The van der Waals surface area contributed by atoms with E-state index in [1.54, 1.807) is 12.1 Å². The van der Waals surface area contributed by atoms with Crippen molar-refractivity contribution in [1.82, 2.24) is 15.5 Å². The lowest BCUT2D eigenvalue weighted by Gasteiger charge is -2.12. The molecule has 0 spiro atoms. The molecule has 0 fully saturated rings. The van der Waals surface area contributed by atoms with Gasteiger partial charge in [0.05, 0.1) is 18.0 Å². The second-order valence-electron chi connectivity index (χ2n) is 5.33. The molecule has 118 valence electrons. The van der Waals surface area contributed by atoms with E-state index in [1.165, 1.54) is 0 Å². The lowest BCUT2D eigenvalue weighted by molar-refractivity contribution is 0.174. The van der Waals surface area contributed by atoms with Gasteiger partial charge in [-0.3, -0.25) is 5.10 Å². The third-order valence-electron chi connectivity index (χ3n) is 3.69. The van der Waals surface area contributed by atoms with Gasteiger partial charge in [-0.05, 0) is 23.3 Å². The molecular formula is C18H18ClN3O. The zero-order valence-electron chi connectivity index (χ0n) is 12.5. The second-order valence-corrected chi connectivity index (χ2v) is 5.77. The monoisotopic (exact) mass is 327 g/mol. The van der Waals surface area contributed by atoms with Crippen LogP contribution in [0.1, 0.15) is 17.2 Å². The number of nitrogens with zero attached hydrogens (tertiary/aromatic N) is 1. The fraction of sp³-hybridized carbons (Fsp3) is 0.167. The Balaban J connectivity index is 1.59. The maximum Gasteiger partial charge on any atom is 0.0914 e. The number of nitrogens with one attached hydrogen (secondary N) is 2. The topological polar surface area (TPSA) is 60.9 Å². The average molecular weight is 328 g/mol. The number of rotatable bonds is 6. The van der Waals surface area contributed by atoms with Crippen molar-refractivity contribution in [2.24, 2.45) is 0 Å². The van der Waals surface area contributed by atoms with Crippen molar-refractivity contribution in [3.63, 3.8) is 0 Å². The van der Waals surface area contributed by atoms with Crippen LogP contribution in [0.3, 0.4) is 0 Å². The van der Waals surface area contributed by atoms with Gasteiger partial charge in [-0.1, -0.05) is 54.1 Å². The summed E-state index contributed by atoms with van der Waals surface area (Å²) in [5, 5.41) is 21.3. The van der Waals surface area contributed by atoms with Crippen molar-refractivity contribution in [2.45, 2.75) is 12.6 Å². The summed E-state index contributed by atoms with van der Waals surface area (Å²) in [5.41, 5.74) is 4.01. The minimum atomic E-state index is -0.570. The number of halogens is 1. The van der Waals surface area contributed by atoms with Crippen LogP contribution in [0.15, 0.2) is 60.8 Å². The van der Waals surface area contributed by atoms with Crippen molar-refractivity contribution in [3.05, 3.63) is 76.9 Å². The van der Waals surface area contributed by atoms with Crippen LogP contribution < -0.4 is 5.32 Å². The van der Waals surface area contributed by atoms with Gasteiger partial charge in [0.15, 0.2) is 0 Å². The maximum absolute atomic E-state index is 10.2. The number of hydrogen-bond acceptors (Lipinski definition) is 3. The Morgan fingerprint density at radius 1 is 1.09 bits per heavy atom. The Morgan fingerprint density at radius 2 is 1.83 bits per heavy atom. The maximum atomic E-state index is 10.2. The number of hydrogen-bond donors (Lipinski definition) is 3. The summed E-state index contributed by atoms with van der Waals surface area (Å²) >= 11 is 5.86. The molecule has 1 atom stereocenters. The van der Waals surface area contributed by atoms with Crippen LogP contribution in [0.25, 0.3) is 11.3 Å².